The Labute approximate surface area is 143 Å². The summed E-state index contributed by atoms with van der Waals surface area (Å²) in [5.41, 5.74) is 2.79. The van der Waals surface area contributed by atoms with Crippen LogP contribution in [0.3, 0.4) is 0 Å². The highest BCUT2D eigenvalue weighted by Gasteiger charge is 2.18. The van der Waals surface area contributed by atoms with Crippen molar-refractivity contribution >= 4 is 18.0 Å². The molecule has 0 saturated heterocycles. The Morgan fingerprint density at radius 3 is 2.12 bits per heavy atom. The van der Waals surface area contributed by atoms with Crippen molar-refractivity contribution in [3.63, 3.8) is 0 Å². The van der Waals surface area contributed by atoms with Gasteiger partial charge in [0.25, 0.3) is 0 Å². The fourth-order valence-electron chi connectivity index (χ4n) is 2.32. The first-order valence-electron chi connectivity index (χ1n) is 8.09. The molecule has 0 bridgehead atoms. The van der Waals surface area contributed by atoms with Crippen molar-refractivity contribution in [1.82, 2.24) is 4.98 Å². The van der Waals surface area contributed by atoms with E-state index in [0.29, 0.717) is 11.8 Å². The van der Waals surface area contributed by atoms with E-state index in [0.717, 1.165) is 16.8 Å². The van der Waals surface area contributed by atoms with Crippen LogP contribution in [0.15, 0.2) is 65.1 Å². The minimum atomic E-state index is -0.108. The Bertz CT molecular complexity index is 812. The molecule has 3 nitrogen and oxygen atoms in total. The third kappa shape index (κ3) is 4.13. The molecule has 3 heteroatoms. The van der Waals surface area contributed by atoms with Crippen molar-refractivity contribution in [3.8, 4) is 11.5 Å². The smallest absolute Gasteiger partial charge is 0.229 e. The summed E-state index contributed by atoms with van der Waals surface area (Å²) in [5.74, 6) is 1.31. The van der Waals surface area contributed by atoms with Gasteiger partial charge in [0.2, 0.25) is 11.8 Å². The van der Waals surface area contributed by atoms with Crippen LogP contribution in [0.5, 0.6) is 0 Å². The number of nitrogens with one attached hydrogen (secondary N) is 1. The molecule has 24 heavy (non-hydrogen) atoms. The quantitative estimate of drug-likeness (QED) is 0.668. The molecular formula is C21H22N2O. The summed E-state index contributed by atoms with van der Waals surface area (Å²) >= 11 is 0. The zero-order valence-electron chi connectivity index (χ0n) is 14.3. The van der Waals surface area contributed by atoms with Crippen LogP contribution >= 0.6 is 0 Å². The summed E-state index contributed by atoms with van der Waals surface area (Å²) in [4.78, 5) is 4.66. The number of hydrogen-bond acceptors (Lipinski definition) is 3. The molecule has 1 aromatic heterocycles. The summed E-state index contributed by atoms with van der Waals surface area (Å²) in [5, 5.41) is 3.40. The SMILES string of the molecule is CC(C)(C)Nc1oc(-c2ccccc2)nc1C=Cc1ccccc1. The first-order valence-corrected chi connectivity index (χ1v) is 8.09. The lowest BCUT2D eigenvalue weighted by Crippen LogP contribution is -2.26. The second-order valence-corrected chi connectivity index (χ2v) is 6.72. The summed E-state index contributed by atoms with van der Waals surface area (Å²) in [6.07, 6.45) is 4.03. The maximum absolute atomic E-state index is 5.99. The molecule has 0 aliphatic carbocycles. The van der Waals surface area contributed by atoms with E-state index in [1.165, 1.54) is 0 Å². The molecule has 0 saturated carbocycles. The molecule has 0 radical (unpaired) electrons. The zero-order chi connectivity index (χ0) is 17.0. The van der Waals surface area contributed by atoms with Gasteiger partial charge in [-0.25, -0.2) is 4.98 Å². The number of benzene rings is 2. The van der Waals surface area contributed by atoms with Gasteiger partial charge in [-0.05, 0) is 44.5 Å². The third-order valence-corrected chi connectivity index (χ3v) is 3.40. The van der Waals surface area contributed by atoms with Crippen LogP contribution in [0.4, 0.5) is 5.88 Å². The lowest BCUT2D eigenvalue weighted by molar-refractivity contribution is 0.544. The number of rotatable bonds is 4. The highest BCUT2D eigenvalue weighted by Crippen LogP contribution is 2.28. The van der Waals surface area contributed by atoms with Crippen molar-refractivity contribution in [2.24, 2.45) is 0 Å². The van der Waals surface area contributed by atoms with E-state index in [-0.39, 0.29) is 5.54 Å². The molecule has 3 rings (SSSR count). The van der Waals surface area contributed by atoms with E-state index in [4.69, 9.17) is 4.42 Å². The molecule has 2 aromatic carbocycles. The molecule has 0 unspecified atom stereocenters. The monoisotopic (exact) mass is 318 g/mol. The van der Waals surface area contributed by atoms with E-state index in [1.54, 1.807) is 0 Å². The van der Waals surface area contributed by atoms with Gasteiger partial charge in [-0.15, -0.1) is 0 Å². The Balaban J connectivity index is 1.96. The number of oxazole rings is 1. The van der Waals surface area contributed by atoms with E-state index in [2.05, 4.69) is 43.2 Å². The Hall–Kier alpha value is -2.81. The number of aromatic nitrogens is 1. The largest absolute Gasteiger partial charge is 0.420 e. The van der Waals surface area contributed by atoms with Gasteiger partial charge >= 0.3 is 0 Å². The predicted octanol–water partition coefficient (Wildman–Crippen LogP) is 5.72. The van der Waals surface area contributed by atoms with E-state index >= 15 is 0 Å². The van der Waals surface area contributed by atoms with Crippen LogP contribution in [-0.2, 0) is 0 Å². The van der Waals surface area contributed by atoms with Gasteiger partial charge < -0.3 is 9.73 Å². The number of anilines is 1. The van der Waals surface area contributed by atoms with E-state index in [1.807, 2.05) is 60.7 Å². The zero-order valence-corrected chi connectivity index (χ0v) is 14.3. The lowest BCUT2D eigenvalue weighted by Gasteiger charge is -2.19. The second kappa shape index (κ2) is 6.75. The van der Waals surface area contributed by atoms with Crippen molar-refractivity contribution in [2.75, 3.05) is 5.32 Å². The lowest BCUT2D eigenvalue weighted by atomic mass is 10.1. The molecule has 0 aliphatic rings. The van der Waals surface area contributed by atoms with Gasteiger partial charge in [-0.1, -0.05) is 54.6 Å². The summed E-state index contributed by atoms with van der Waals surface area (Å²) < 4.78 is 5.99. The van der Waals surface area contributed by atoms with Crippen molar-refractivity contribution < 1.29 is 4.42 Å². The fraction of sp³-hybridized carbons (Fsp3) is 0.190. The van der Waals surface area contributed by atoms with Crippen molar-refractivity contribution in [2.45, 2.75) is 26.3 Å². The minimum Gasteiger partial charge on any atom is -0.420 e. The highest BCUT2D eigenvalue weighted by molar-refractivity contribution is 5.74. The van der Waals surface area contributed by atoms with Gasteiger partial charge in [0, 0.05) is 11.1 Å². The normalized spacial score (nSPS) is 11.8. The van der Waals surface area contributed by atoms with E-state index < -0.39 is 0 Å². The second-order valence-electron chi connectivity index (χ2n) is 6.72. The molecule has 1 heterocycles. The van der Waals surface area contributed by atoms with Crippen LogP contribution in [0.1, 0.15) is 32.0 Å². The topological polar surface area (TPSA) is 38.1 Å². The molecule has 3 aromatic rings. The van der Waals surface area contributed by atoms with Gasteiger partial charge in [0.1, 0.15) is 5.69 Å². The molecule has 0 spiro atoms. The van der Waals surface area contributed by atoms with Crippen LogP contribution in [-0.4, -0.2) is 10.5 Å². The first kappa shape index (κ1) is 16.1. The predicted molar refractivity (Wildman–Crippen MR) is 101 cm³/mol. The minimum absolute atomic E-state index is 0.108. The maximum atomic E-state index is 5.99. The molecule has 0 fully saturated rings. The Kier molecular flexibility index (Phi) is 4.52. The Morgan fingerprint density at radius 1 is 0.875 bits per heavy atom. The first-order chi connectivity index (χ1) is 11.5. The summed E-state index contributed by atoms with van der Waals surface area (Å²) in [7, 11) is 0. The number of nitrogens with zero attached hydrogens (tertiary/aromatic N) is 1. The molecule has 0 amide bonds. The standard InChI is InChI=1S/C21H22N2O/c1-21(2,3)23-20-18(15-14-16-10-6-4-7-11-16)22-19(24-20)17-12-8-5-9-13-17/h4-15,23H,1-3H3. The molecule has 1 N–H and O–H groups in total. The average Bonchev–Trinajstić information content (AvgIpc) is 2.96. The van der Waals surface area contributed by atoms with Gasteiger partial charge in [-0.2, -0.15) is 0 Å². The highest BCUT2D eigenvalue weighted by atomic mass is 16.4. The average molecular weight is 318 g/mol. The van der Waals surface area contributed by atoms with Gasteiger partial charge in [0.05, 0.1) is 0 Å². The van der Waals surface area contributed by atoms with Crippen LogP contribution in [0, 0.1) is 0 Å². The molecule has 122 valence electrons. The molecule has 0 atom stereocenters. The van der Waals surface area contributed by atoms with Crippen molar-refractivity contribution in [1.29, 1.82) is 0 Å². The number of hydrogen-bond donors (Lipinski definition) is 1. The summed E-state index contributed by atoms with van der Waals surface area (Å²) in [6, 6.07) is 20.1. The molecular weight excluding hydrogens is 296 g/mol. The van der Waals surface area contributed by atoms with Gasteiger partial charge in [-0.3, -0.25) is 0 Å². The maximum Gasteiger partial charge on any atom is 0.229 e. The van der Waals surface area contributed by atoms with E-state index in [9.17, 15) is 0 Å². The van der Waals surface area contributed by atoms with Crippen LogP contribution in [0.25, 0.3) is 23.6 Å². The van der Waals surface area contributed by atoms with Crippen molar-refractivity contribution in [3.05, 3.63) is 71.9 Å². The summed E-state index contributed by atoms with van der Waals surface area (Å²) in [6.45, 7) is 6.30. The molecule has 0 aliphatic heterocycles. The Morgan fingerprint density at radius 2 is 1.50 bits per heavy atom. The van der Waals surface area contributed by atoms with Crippen LogP contribution < -0.4 is 5.32 Å². The third-order valence-electron chi connectivity index (χ3n) is 3.40. The van der Waals surface area contributed by atoms with Gasteiger partial charge in [0.15, 0.2) is 0 Å². The van der Waals surface area contributed by atoms with Crippen LogP contribution in [0.2, 0.25) is 0 Å². The fourth-order valence-corrected chi connectivity index (χ4v) is 2.32.